The summed E-state index contributed by atoms with van der Waals surface area (Å²) in [5.74, 6) is -0.0222. The Kier molecular flexibility index (Phi) is 4.22. The molecule has 0 saturated heterocycles. The van der Waals surface area contributed by atoms with E-state index in [0.717, 1.165) is 6.54 Å². The summed E-state index contributed by atoms with van der Waals surface area (Å²) in [5.41, 5.74) is 13.1. The first-order valence-corrected chi connectivity index (χ1v) is 6.15. The molecule has 0 aliphatic heterocycles. The Bertz CT molecular complexity index is 435. The van der Waals surface area contributed by atoms with Gasteiger partial charge in [0.1, 0.15) is 0 Å². The molecule has 0 heterocycles. The summed E-state index contributed by atoms with van der Waals surface area (Å²) in [6.07, 6.45) is 0. The van der Waals surface area contributed by atoms with Crippen LogP contribution in [0.4, 0.5) is 11.4 Å². The van der Waals surface area contributed by atoms with Crippen molar-refractivity contribution in [2.45, 2.75) is 27.7 Å². The molecular formula is C14H23N3O. The van der Waals surface area contributed by atoms with Crippen molar-refractivity contribution in [3.63, 3.8) is 0 Å². The first-order chi connectivity index (χ1) is 8.23. The van der Waals surface area contributed by atoms with Gasteiger partial charge in [-0.1, -0.05) is 33.8 Å². The monoisotopic (exact) mass is 249 g/mol. The molecule has 100 valence electrons. The van der Waals surface area contributed by atoms with Crippen molar-refractivity contribution in [2.75, 3.05) is 17.6 Å². The molecule has 4 nitrogen and oxygen atoms in total. The highest BCUT2D eigenvalue weighted by molar-refractivity contribution is 6.01. The molecule has 0 aliphatic rings. The largest absolute Gasteiger partial charge is 0.397 e. The number of para-hydroxylation sites is 1. The Balaban J connectivity index is 2.88. The molecule has 1 unspecified atom stereocenters. The molecular weight excluding hydrogens is 226 g/mol. The Morgan fingerprint density at radius 2 is 2.00 bits per heavy atom. The number of hydrogen-bond donors (Lipinski definition) is 3. The van der Waals surface area contributed by atoms with Gasteiger partial charge in [0.15, 0.2) is 0 Å². The molecule has 0 spiro atoms. The number of nitrogens with two attached hydrogens (primary N) is 2. The van der Waals surface area contributed by atoms with Crippen LogP contribution in [-0.4, -0.2) is 12.5 Å². The van der Waals surface area contributed by atoms with Crippen molar-refractivity contribution in [1.82, 2.24) is 0 Å². The Morgan fingerprint density at radius 1 is 1.39 bits per heavy atom. The zero-order valence-corrected chi connectivity index (χ0v) is 11.6. The summed E-state index contributed by atoms with van der Waals surface area (Å²) >= 11 is 0. The Morgan fingerprint density at radius 3 is 2.50 bits per heavy atom. The van der Waals surface area contributed by atoms with Gasteiger partial charge < -0.3 is 16.8 Å². The third kappa shape index (κ3) is 3.39. The fourth-order valence-corrected chi connectivity index (χ4v) is 1.53. The molecule has 0 bridgehead atoms. The van der Waals surface area contributed by atoms with E-state index in [-0.39, 0.29) is 5.41 Å². The number of amides is 1. The predicted octanol–water partition coefficient (Wildman–Crippen LogP) is 2.46. The summed E-state index contributed by atoms with van der Waals surface area (Å²) < 4.78 is 0. The molecule has 1 atom stereocenters. The quantitative estimate of drug-likeness (QED) is 0.717. The minimum Gasteiger partial charge on any atom is -0.397 e. The highest BCUT2D eigenvalue weighted by Crippen LogP contribution is 2.28. The van der Waals surface area contributed by atoms with Gasteiger partial charge in [0, 0.05) is 6.54 Å². The van der Waals surface area contributed by atoms with E-state index in [4.69, 9.17) is 11.5 Å². The van der Waals surface area contributed by atoms with E-state index < -0.39 is 5.91 Å². The van der Waals surface area contributed by atoms with Crippen LogP contribution in [-0.2, 0) is 0 Å². The van der Waals surface area contributed by atoms with Gasteiger partial charge in [0.2, 0.25) is 0 Å². The standard InChI is InChI=1S/C14H23N3O/c1-9(14(2,3)4)8-17-12-10(13(16)18)6-5-7-11(12)15/h5-7,9,17H,8,15H2,1-4H3,(H2,16,18). The lowest BCUT2D eigenvalue weighted by molar-refractivity contribution is 0.100. The summed E-state index contributed by atoms with van der Waals surface area (Å²) in [7, 11) is 0. The number of primary amides is 1. The topological polar surface area (TPSA) is 81.1 Å². The van der Waals surface area contributed by atoms with Gasteiger partial charge in [-0.3, -0.25) is 4.79 Å². The number of carbonyl (C=O) groups excluding carboxylic acids is 1. The molecule has 5 N–H and O–H groups in total. The lowest BCUT2D eigenvalue weighted by Gasteiger charge is -2.28. The second-order valence-electron chi connectivity index (χ2n) is 5.78. The second kappa shape index (κ2) is 5.29. The number of rotatable bonds is 4. The van der Waals surface area contributed by atoms with E-state index in [1.54, 1.807) is 18.2 Å². The molecule has 4 heteroatoms. The van der Waals surface area contributed by atoms with Crippen LogP contribution >= 0.6 is 0 Å². The minimum atomic E-state index is -0.465. The van der Waals surface area contributed by atoms with Gasteiger partial charge in [-0.15, -0.1) is 0 Å². The van der Waals surface area contributed by atoms with Crippen LogP contribution in [0.3, 0.4) is 0 Å². The summed E-state index contributed by atoms with van der Waals surface area (Å²) in [6, 6.07) is 5.17. The number of carbonyl (C=O) groups is 1. The minimum absolute atomic E-state index is 0.198. The number of nitrogens with one attached hydrogen (secondary N) is 1. The SMILES string of the molecule is CC(CNc1c(N)cccc1C(N)=O)C(C)(C)C. The molecule has 0 radical (unpaired) electrons. The van der Waals surface area contributed by atoms with Crippen molar-refractivity contribution >= 4 is 17.3 Å². The molecule has 0 aromatic heterocycles. The molecule has 1 amide bonds. The average molecular weight is 249 g/mol. The second-order valence-corrected chi connectivity index (χ2v) is 5.78. The number of anilines is 2. The highest BCUT2D eigenvalue weighted by atomic mass is 16.1. The van der Waals surface area contributed by atoms with Crippen molar-refractivity contribution in [1.29, 1.82) is 0 Å². The van der Waals surface area contributed by atoms with E-state index in [1.165, 1.54) is 0 Å². The van der Waals surface area contributed by atoms with E-state index in [2.05, 4.69) is 33.0 Å². The fourth-order valence-electron chi connectivity index (χ4n) is 1.53. The van der Waals surface area contributed by atoms with Gasteiger partial charge in [0.05, 0.1) is 16.9 Å². The molecule has 1 aromatic carbocycles. The van der Waals surface area contributed by atoms with E-state index in [1.807, 2.05) is 0 Å². The third-order valence-corrected chi connectivity index (χ3v) is 3.43. The summed E-state index contributed by atoms with van der Waals surface area (Å²) in [4.78, 5) is 11.3. The number of nitrogen functional groups attached to an aromatic ring is 1. The van der Waals surface area contributed by atoms with Crippen LogP contribution in [0.15, 0.2) is 18.2 Å². The predicted molar refractivity (Wildman–Crippen MR) is 76.5 cm³/mol. The molecule has 0 fully saturated rings. The van der Waals surface area contributed by atoms with Crippen LogP contribution in [0.1, 0.15) is 38.1 Å². The van der Waals surface area contributed by atoms with E-state index in [0.29, 0.717) is 22.9 Å². The smallest absolute Gasteiger partial charge is 0.250 e. The van der Waals surface area contributed by atoms with Gasteiger partial charge in [-0.25, -0.2) is 0 Å². The zero-order valence-electron chi connectivity index (χ0n) is 11.6. The van der Waals surface area contributed by atoms with Crippen molar-refractivity contribution in [3.8, 4) is 0 Å². The van der Waals surface area contributed by atoms with Crippen molar-refractivity contribution < 1.29 is 4.79 Å². The van der Waals surface area contributed by atoms with E-state index >= 15 is 0 Å². The third-order valence-electron chi connectivity index (χ3n) is 3.43. The number of benzene rings is 1. The van der Waals surface area contributed by atoms with Crippen LogP contribution < -0.4 is 16.8 Å². The fraction of sp³-hybridized carbons (Fsp3) is 0.500. The molecule has 1 aromatic rings. The zero-order chi connectivity index (χ0) is 13.9. The highest BCUT2D eigenvalue weighted by Gasteiger charge is 2.20. The van der Waals surface area contributed by atoms with Crippen LogP contribution in [0, 0.1) is 11.3 Å². The normalized spacial score (nSPS) is 13.1. The van der Waals surface area contributed by atoms with Gasteiger partial charge in [-0.05, 0) is 23.5 Å². The maximum Gasteiger partial charge on any atom is 0.250 e. The first kappa shape index (κ1) is 14.4. The van der Waals surface area contributed by atoms with Crippen molar-refractivity contribution in [2.24, 2.45) is 17.1 Å². The molecule has 0 saturated carbocycles. The van der Waals surface area contributed by atoms with Crippen LogP contribution in [0.5, 0.6) is 0 Å². The first-order valence-electron chi connectivity index (χ1n) is 6.15. The molecule has 18 heavy (non-hydrogen) atoms. The summed E-state index contributed by atoms with van der Waals surface area (Å²) in [5, 5.41) is 3.24. The lowest BCUT2D eigenvalue weighted by atomic mass is 9.82. The van der Waals surface area contributed by atoms with Gasteiger partial charge >= 0.3 is 0 Å². The Labute approximate surface area is 109 Å². The molecule has 1 rings (SSSR count). The molecule has 0 aliphatic carbocycles. The summed E-state index contributed by atoms with van der Waals surface area (Å²) in [6.45, 7) is 9.46. The Hall–Kier alpha value is -1.71. The number of hydrogen-bond acceptors (Lipinski definition) is 3. The maximum absolute atomic E-state index is 11.3. The lowest BCUT2D eigenvalue weighted by Crippen LogP contribution is -2.26. The van der Waals surface area contributed by atoms with Gasteiger partial charge in [0.25, 0.3) is 5.91 Å². The maximum atomic E-state index is 11.3. The van der Waals surface area contributed by atoms with Gasteiger partial charge in [-0.2, -0.15) is 0 Å². The van der Waals surface area contributed by atoms with Crippen molar-refractivity contribution in [3.05, 3.63) is 23.8 Å². The van der Waals surface area contributed by atoms with Crippen LogP contribution in [0.2, 0.25) is 0 Å². The average Bonchev–Trinajstić information content (AvgIpc) is 2.25. The van der Waals surface area contributed by atoms with Crippen LogP contribution in [0.25, 0.3) is 0 Å². The van der Waals surface area contributed by atoms with E-state index in [9.17, 15) is 4.79 Å².